The van der Waals surface area contributed by atoms with Gasteiger partial charge in [-0.25, -0.2) is 0 Å². The Morgan fingerprint density at radius 1 is 1.25 bits per heavy atom. The molecule has 6 heteroatoms. The molecule has 0 radical (unpaired) electrons. The van der Waals surface area contributed by atoms with Gasteiger partial charge in [-0.15, -0.1) is 0 Å². The van der Waals surface area contributed by atoms with E-state index in [4.69, 9.17) is 11.6 Å². The number of hydrogen-bond acceptors (Lipinski definition) is 4. The number of amides is 1. The van der Waals surface area contributed by atoms with Gasteiger partial charge in [0, 0.05) is 17.9 Å². The Balaban J connectivity index is 1.55. The fourth-order valence-electron chi connectivity index (χ4n) is 3.11. The summed E-state index contributed by atoms with van der Waals surface area (Å²) in [5, 5.41) is 3.73. The molecule has 1 unspecified atom stereocenters. The first kappa shape index (κ1) is 17.5. The Kier molecular flexibility index (Phi) is 5.95. The van der Waals surface area contributed by atoms with Crippen molar-refractivity contribution in [3.05, 3.63) is 34.9 Å². The number of halogens is 1. The zero-order chi connectivity index (χ0) is 16.9. The molecule has 2 fully saturated rings. The van der Waals surface area contributed by atoms with Crippen molar-refractivity contribution in [1.29, 1.82) is 0 Å². The van der Waals surface area contributed by atoms with E-state index in [9.17, 15) is 9.59 Å². The molecule has 1 aromatic carbocycles. The molecule has 1 atom stereocenters. The number of nitrogens with zero attached hydrogens (tertiary/aromatic N) is 1. The summed E-state index contributed by atoms with van der Waals surface area (Å²) in [7, 11) is 0. The van der Waals surface area contributed by atoms with Crippen LogP contribution in [-0.2, 0) is 16.0 Å². The summed E-state index contributed by atoms with van der Waals surface area (Å²) in [6.07, 6.45) is 6.36. The zero-order valence-corrected chi connectivity index (χ0v) is 15.0. The van der Waals surface area contributed by atoms with Crippen LogP contribution >= 0.6 is 23.4 Å². The van der Waals surface area contributed by atoms with E-state index in [-0.39, 0.29) is 29.8 Å². The van der Waals surface area contributed by atoms with Crippen molar-refractivity contribution in [3.63, 3.8) is 0 Å². The highest BCUT2D eigenvalue weighted by Gasteiger charge is 2.32. The highest BCUT2D eigenvalue weighted by molar-refractivity contribution is 8.15. The van der Waals surface area contributed by atoms with Gasteiger partial charge in [-0.05, 0) is 24.5 Å². The van der Waals surface area contributed by atoms with Gasteiger partial charge in [0.25, 0.3) is 0 Å². The van der Waals surface area contributed by atoms with E-state index in [0.29, 0.717) is 16.2 Å². The smallest absolute Gasteiger partial charge is 0.239 e. The van der Waals surface area contributed by atoms with E-state index in [1.165, 1.54) is 31.0 Å². The van der Waals surface area contributed by atoms with E-state index < -0.39 is 0 Å². The lowest BCUT2D eigenvalue weighted by molar-refractivity contribution is -0.123. The minimum atomic E-state index is -0.373. The number of thioether (sulfide) groups is 1. The number of carbonyl (C=O) groups excluding carboxylic acids is 2. The number of Topliss-reactive ketones (excluding diaryl/α,β-unsaturated/α-hetero) is 1. The summed E-state index contributed by atoms with van der Waals surface area (Å²) in [5.74, 6) is -0.0864. The summed E-state index contributed by atoms with van der Waals surface area (Å²) < 4.78 is 0. The lowest BCUT2D eigenvalue weighted by atomic mass is 9.96. The lowest BCUT2D eigenvalue weighted by Crippen LogP contribution is -2.27. The Hall–Kier alpha value is -1.33. The van der Waals surface area contributed by atoms with Crippen molar-refractivity contribution in [1.82, 2.24) is 5.32 Å². The predicted molar refractivity (Wildman–Crippen MR) is 98.6 cm³/mol. The third-order valence-corrected chi connectivity index (χ3v) is 5.87. The number of hydrogen-bond donors (Lipinski definition) is 1. The Morgan fingerprint density at radius 3 is 2.75 bits per heavy atom. The molecule has 0 bridgehead atoms. The van der Waals surface area contributed by atoms with Crippen molar-refractivity contribution in [2.75, 3.05) is 0 Å². The second-order valence-corrected chi connectivity index (χ2v) is 7.93. The minimum Gasteiger partial charge on any atom is -0.304 e. The molecule has 1 N–H and O–H groups in total. The monoisotopic (exact) mass is 364 g/mol. The molecular formula is C18H21ClN2O2S. The van der Waals surface area contributed by atoms with Crippen molar-refractivity contribution >= 4 is 40.2 Å². The number of amidine groups is 1. The fourth-order valence-corrected chi connectivity index (χ4v) is 4.39. The molecule has 0 spiro atoms. The lowest BCUT2D eigenvalue weighted by Gasteiger charge is -2.17. The van der Waals surface area contributed by atoms with Crippen LogP contribution in [0.2, 0.25) is 5.02 Å². The van der Waals surface area contributed by atoms with E-state index >= 15 is 0 Å². The number of rotatable bonds is 5. The molecule has 4 nitrogen and oxygen atoms in total. The number of carbonyl (C=O) groups is 2. The van der Waals surface area contributed by atoms with Crippen LogP contribution in [0, 0.1) is 0 Å². The summed E-state index contributed by atoms with van der Waals surface area (Å²) in [5.41, 5.74) is 0.809. The summed E-state index contributed by atoms with van der Waals surface area (Å²) in [6.45, 7) is 0. The maximum atomic E-state index is 12.3. The third kappa shape index (κ3) is 4.61. The Morgan fingerprint density at radius 2 is 2.00 bits per heavy atom. The molecular weight excluding hydrogens is 344 g/mol. The van der Waals surface area contributed by atoms with E-state index in [1.807, 2.05) is 18.2 Å². The number of nitrogens with one attached hydrogen (secondary N) is 1. The van der Waals surface area contributed by atoms with Gasteiger partial charge in [-0.3, -0.25) is 14.6 Å². The van der Waals surface area contributed by atoms with Crippen molar-refractivity contribution < 1.29 is 9.59 Å². The third-order valence-electron chi connectivity index (χ3n) is 4.41. The van der Waals surface area contributed by atoms with E-state index in [1.54, 1.807) is 6.07 Å². The molecule has 0 aromatic heterocycles. The van der Waals surface area contributed by atoms with E-state index in [2.05, 4.69) is 10.3 Å². The predicted octanol–water partition coefficient (Wildman–Crippen LogP) is 3.76. The average Bonchev–Trinajstić information content (AvgIpc) is 2.90. The number of benzene rings is 1. The van der Waals surface area contributed by atoms with Gasteiger partial charge in [0.2, 0.25) is 5.91 Å². The zero-order valence-electron chi connectivity index (χ0n) is 13.5. The highest BCUT2D eigenvalue weighted by atomic mass is 35.5. The van der Waals surface area contributed by atoms with Crippen LogP contribution in [0.4, 0.5) is 0 Å². The topological polar surface area (TPSA) is 58.5 Å². The van der Waals surface area contributed by atoms with Crippen LogP contribution in [-0.4, -0.2) is 28.1 Å². The fraction of sp³-hybridized carbons (Fsp3) is 0.500. The maximum absolute atomic E-state index is 12.3. The molecule has 1 aliphatic carbocycles. The second kappa shape index (κ2) is 8.17. The maximum Gasteiger partial charge on any atom is 0.239 e. The van der Waals surface area contributed by atoms with Crippen LogP contribution in [0.3, 0.4) is 0 Å². The van der Waals surface area contributed by atoms with Crippen molar-refractivity contribution in [2.24, 2.45) is 4.99 Å². The number of ketones is 1. The van der Waals surface area contributed by atoms with Crippen LogP contribution in [0.15, 0.2) is 29.3 Å². The van der Waals surface area contributed by atoms with E-state index in [0.717, 1.165) is 18.4 Å². The van der Waals surface area contributed by atoms with Gasteiger partial charge in [-0.2, -0.15) is 0 Å². The Labute approximate surface area is 151 Å². The summed E-state index contributed by atoms with van der Waals surface area (Å²) in [6, 6.07) is 7.64. The molecule has 24 heavy (non-hydrogen) atoms. The standard InChI is InChI=1S/C18H21ClN2O2S/c19-15-9-5-4-6-12(15)10-14(22)11-16-17(23)21-18(24-16)20-13-7-2-1-3-8-13/h4-6,9,13,16H,1-3,7-8,10-11H2,(H,20,21,23). The molecule has 1 amide bonds. The normalized spacial score (nSPS) is 23.5. The first-order chi connectivity index (χ1) is 11.6. The van der Waals surface area contributed by atoms with Crippen LogP contribution in [0.5, 0.6) is 0 Å². The molecule has 1 aromatic rings. The average molecular weight is 365 g/mol. The van der Waals surface area contributed by atoms with Gasteiger partial charge in [-0.1, -0.05) is 60.8 Å². The van der Waals surface area contributed by atoms with Crippen molar-refractivity contribution in [3.8, 4) is 0 Å². The molecule has 2 aliphatic rings. The van der Waals surface area contributed by atoms with Gasteiger partial charge in [0.05, 0.1) is 11.3 Å². The van der Waals surface area contributed by atoms with Gasteiger partial charge >= 0.3 is 0 Å². The van der Waals surface area contributed by atoms with Gasteiger partial charge in [0.1, 0.15) is 5.78 Å². The molecule has 1 heterocycles. The molecule has 128 valence electrons. The van der Waals surface area contributed by atoms with Crippen LogP contribution < -0.4 is 5.32 Å². The molecule has 1 saturated heterocycles. The SMILES string of the molecule is O=C(Cc1ccccc1Cl)CC1SC(=NC2CCCCC2)NC1=O. The first-order valence-electron chi connectivity index (χ1n) is 8.42. The van der Waals surface area contributed by atoms with Gasteiger partial charge < -0.3 is 5.32 Å². The summed E-state index contributed by atoms with van der Waals surface area (Å²) in [4.78, 5) is 29.0. The molecule has 1 saturated carbocycles. The minimum absolute atomic E-state index is 0.0228. The first-order valence-corrected chi connectivity index (χ1v) is 9.68. The highest BCUT2D eigenvalue weighted by Crippen LogP contribution is 2.27. The van der Waals surface area contributed by atoms with Crippen LogP contribution in [0.25, 0.3) is 0 Å². The summed E-state index contributed by atoms with van der Waals surface area (Å²) >= 11 is 7.48. The van der Waals surface area contributed by atoms with Crippen LogP contribution in [0.1, 0.15) is 44.1 Å². The van der Waals surface area contributed by atoms with Crippen molar-refractivity contribution in [2.45, 2.75) is 56.2 Å². The molecule has 1 aliphatic heterocycles. The second-order valence-electron chi connectivity index (χ2n) is 6.33. The number of aliphatic imine (C=N–C) groups is 1. The molecule has 3 rings (SSSR count). The Bertz CT molecular complexity index is 656. The quantitative estimate of drug-likeness (QED) is 0.865. The largest absolute Gasteiger partial charge is 0.304 e. The van der Waals surface area contributed by atoms with Gasteiger partial charge in [0.15, 0.2) is 5.17 Å².